The topological polar surface area (TPSA) is 57.5 Å². The zero-order valence-electron chi connectivity index (χ0n) is 17.6. The summed E-state index contributed by atoms with van der Waals surface area (Å²) in [4.78, 5) is 11.0. The number of carbonyl (C=O) groups is 1. The third-order valence-corrected chi connectivity index (χ3v) is 10.2. The van der Waals surface area contributed by atoms with E-state index in [0.29, 0.717) is 46.8 Å². The van der Waals surface area contributed by atoms with Crippen molar-refractivity contribution in [1.82, 2.24) is 0 Å². The van der Waals surface area contributed by atoms with Gasteiger partial charge in [0.2, 0.25) is 0 Å². The summed E-state index contributed by atoms with van der Waals surface area (Å²) >= 11 is 0. The average Bonchev–Trinajstić information content (AvgIpc) is 2.97. The van der Waals surface area contributed by atoms with Gasteiger partial charge in [0, 0.05) is 6.42 Å². The number of aliphatic hydroxyl groups is 1. The first kappa shape index (κ1) is 19.7. The Kier molecular flexibility index (Phi) is 5.15. The number of rotatable bonds is 4. The minimum absolute atomic E-state index is 0.108. The molecule has 4 fully saturated rings. The van der Waals surface area contributed by atoms with Gasteiger partial charge in [-0.25, -0.2) is 0 Å². The fourth-order valence-corrected chi connectivity index (χ4v) is 8.78. The van der Waals surface area contributed by atoms with Crippen LogP contribution in [0.3, 0.4) is 0 Å². The molecule has 0 amide bonds. The van der Waals surface area contributed by atoms with E-state index in [1.165, 1.54) is 51.4 Å². The quantitative estimate of drug-likeness (QED) is 0.680. The number of carboxylic acid groups (broad SMARTS) is 1. The van der Waals surface area contributed by atoms with Crippen LogP contribution in [-0.4, -0.2) is 22.3 Å². The predicted octanol–water partition coefficient (Wildman–Crippen LogP) is 5.51. The number of aliphatic carboxylic acids is 1. The van der Waals surface area contributed by atoms with Crippen LogP contribution < -0.4 is 0 Å². The van der Waals surface area contributed by atoms with Gasteiger partial charge < -0.3 is 10.2 Å². The van der Waals surface area contributed by atoms with Crippen molar-refractivity contribution < 1.29 is 15.0 Å². The second-order valence-corrected chi connectivity index (χ2v) is 11.2. The molecule has 0 aromatic carbocycles. The van der Waals surface area contributed by atoms with Crippen LogP contribution in [0.5, 0.6) is 0 Å². The van der Waals surface area contributed by atoms with E-state index in [4.69, 9.17) is 5.11 Å². The zero-order chi connectivity index (χ0) is 19.4. The number of hydrogen-bond donors (Lipinski definition) is 2. The first-order valence-electron chi connectivity index (χ1n) is 11.7. The van der Waals surface area contributed by atoms with E-state index in [2.05, 4.69) is 20.8 Å². The third kappa shape index (κ3) is 3.07. The second-order valence-electron chi connectivity index (χ2n) is 11.2. The summed E-state index contributed by atoms with van der Waals surface area (Å²) in [6.45, 7) is 7.33. The molecule has 0 radical (unpaired) electrons. The normalized spacial score (nSPS) is 50.4. The van der Waals surface area contributed by atoms with Gasteiger partial charge in [-0.3, -0.25) is 4.79 Å². The standard InChI is InChI=1S/C24H40O3/c1-15(7-10-21(26)27)17-8-9-18-22-19(11-13-24(17,18)3)23(2)12-5-4-6-16(23)14-20(22)25/h15-20,22,25H,4-14H2,1-3H3,(H,26,27)/t15-,16-,17-,18+,19+,20+,22+,23+,24-/m1/s1. The van der Waals surface area contributed by atoms with Crippen LogP contribution in [0.4, 0.5) is 0 Å². The Morgan fingerprint density at radius 3 is 2.52 bits per heavy atom. The summed E-state index contributed by atoms with van der Waals surface area (Å²) in [5, 5.41) is 20.3. The molecular weight excluding hydrogens is 336 g/mol. The van der Waals surface area contributed by atoms with Crippen LogP contribution in [-0.2, 0) is 4.79 Å². The minimum atomic E-state index is -0.663. The van der Waals surface area contributed by atoms with E-state index in [0.717, 1.165) is 18.8 Å². The zero-order valence-corrected chi connectivity index (χ0v) is 17.6. The maximum absolute atomic E-state index is 11.2. The molecule has 0 aromatic heterocycles. The molecule has 4 rings (SSSR count). The molecule has 154 valence electrons. The highest BCUT2D eigenvalue weighted by Crippen LogP contribution is 2.68. The van der Waals surface area contributed by atoms with Crippen molar-refractivity contribution in [1.29, 1.82) is 0 Å². The summed E-state index contributed by atoms with van der Waals surface area (Å²) < 4.78 is 0. The van der Waals surface area contributed by atoms with Gasteiger partial charge >= 0.3 is 5.97 Å². The highest BCUT2D eigenvalue weighted by atomic mass is 16.4. The summed E-state index contributed by atoms with van der Waals surface area (Å²) in [6, 6.07) is 0. The number of hydrogen-bond acceptors (Lipinski definition) is 2. The largest absolute Gasteiger partial charge is 0.481 e. The van der Waals surface area contributed by atoms with Gasteiger partial charge in [0.25, 0.3) is 0 Å². The number of carboxylic acids is 1. The molecule has 2 N–H and O–H groups in total. The molecule has 9 atom stereocenters. The molecule has 0 bridgehead atoms. The summed E-state index contributed by atoms with van der Waals surface area (Å²) in [5.74, 6) is 3.02. The molecule has 0 spiro atoms. The van der Waals surface area contributed by atoms with Crippen molar-refractivity contribution in [2.24, 2.45) is 46.3 Å². The van der Waals surface area contributed by atoms with Gasteiger partial charge in [-0.1, -0.05) is 33.6 Å². The van der Waals surface area contributed by atoms with Gasteiger partial charge in [0.15, 0.2) is 0 Å². The lowest BCUT2D eigenvalue weighted by Crippen LogP contribution is -2.57. The molecule has 0 aromatic rings. The Labute approximate surface area is 165 Å². The van der Waals surface area contributed by atoms with Crippen molar-refractivity contribution in [3.63, 3.8) is 0 Å². The molecule has 0 unspecified atom stereocenters. The van der Waals surface area contributed by atoms with Crippen molar-refractivity contribution in [3.05, 3.63) is 0 Å². The maximum Gasteiger partial charge on any atom is 0.303 e. The number of aliphatic hydroxyl groups excluding tert-OH is 1. The fraction of sp³-hybridized carbons (Fsp3) is 0.958. The molecule has 0 heterocycles. The molecule has 4 saturated carbocycles. The van der Waals surface area contributed by atoms with Crippen LogP contribution in [0.15, 0.2) is 0 Å². The molecule has 3 heteroatoms. The first-order chi connectivity index (χ1) is 12.8. The third-order valence-electron chi connectivity index (χ3n) is 10.2. The van der Waals surface area contributed by atoms with Crippen molar-refractivity contribution in [2.45, 2.75) is 97.5 Å². The van der Waals surface area contributed by atoms with Crippen LogP contribution in [0.1, 0.15) is 91.4 Å². The van der Waals surface area contributed by atoms with Crippen molar-refractivity contribution in [2.75, 3.05) is 0 Å². The molecule has 4 aliphatic carbocycles. The lowest BCUT2D eigenvalue weighted by molar-refractivity contribution is -0.164. The summed E-state index contributed by atoms with van der Waals surface area (Å²) in [7, 11) is 0. The van der Waals surface area contributed by atoms with E-state index in [1.807, 2.05) is 0 Å². The lowest BCUT2D eigenvalue weighted by Gasteiger charge is -2.62. The number of fused-ring (bicyclic) bond motifs is 5. The van der Waals surface area contributed by atoms with E-state index in [9.17, 15) is 9.90 Å². The Morgan fingerprint density at radius 2 is 1.78 bits per heavy atom. The molecule has 4 aliphatic rings. The van der Waals surface area contributed by atoms with Gasteiger partial charge in [-0.15, -0.1) is 0 Å². The van der Waals surface area contributed by atoms with Crippen molar-refractivity contribution >= 4 is 5.97 Å². The van der Waals surface area contributed by atoms with E-state index >= 15 is 0 Å². The van der Waals surface area contributed by atoms with Gasteiger partial charge in [0.05, 0.1) is 6.10 Å². The van der Waals surface area contributed by atoms with Crippen LogP contribution in [0.2, 0.25) is 0 Å². The molecule has 0 saturated heterocycles. The van der Waals surface area contributed by atoms with Gasteiger partial charge in [-0.2, -0.15) is 0 Å². The second kappa shape index (κ2) is 7.04. The van der Waals surface area contributed by atoms with Crippen LogP contribution >= 0.6 is 0 Å². The Balaban J connectivity index is 1.56. The predicted molar refractivity (Wildman–Crippen MR) is 107 cm³/mol. The molecule has 0 aliphatic heterocycles. The van der Waals surface area contributed by atoms with Gasteiger partial charge in [0.1, 0.15) is 0 Å². The minimum Gasteiger partial charge on any atom is -0.481 e. The van der Waals surface area contributed by atoms with Gasteiger partial charge in [-0.05, 0) is 97.7 Å². The lowest BCUT2D eigenvalue weighted by atomic mass is 9.44. The molecule has 3 nitrogen and oxygen atoms in total. The van der Waals surface area contributed by atoms with Crippen molar-refractivity contribution in [3.8, 4) is 0 Å². The Bertz CT molecular complexity index is 574. The van der Waals surface area contributed by atoms with E-state index < -0.39 is 5.97 Å². The first-order valence-corrected chi connectivity index (χ1v) is 11.7. The van der Waals surface area contributed by atoms with Crippen LogP contribution in [0, 0.1) is 46.3 Å². The highest BCUT2D eigenvalue weighted by molar-refractivity contribution is 5.66. The fourth-order valence-electron chi connectivity index (χ4n) is 8.78. The van der Waals surface area contributed by atoms with E-state index in [-0.39, 0.29) is 6.10 Å². The Morgan fingerprint density at radius 1 is 1.04 bits per heavy atom. The summed E-state index contributed by atoms with van der Waals surface area (Å²) in [5.41, 5.74) is 0.758. The maximum atomic E-state index is 11.2. The Hall–Kier alpha value is -0.570. The molecular formula is C24H40O3. The molecule has 27 heavy (non-hydrogen) atoms. The van der Waals surface area contributed by atoms with Crippen LogP contribution in [0.25, 0.3) is 0 Å². The monoisotopic (exact) mass is 376 g/mol. The average molecular weight is 377 g/mol. The SMILES string of the molecule is C[C@H](CCC(=O)O)[C@H]1CC[C@H]2[C@@H]3[C@@H](O)C[C@H]4CCCC[C@]4(C)[C@H]3CC[C@]12C. The smallest absolute Gasteiger partial charge is 0.303 e. The summed E-state index contributed by atoms with van der Waals surface area (Å²) in [6.07, 6.45) is 12.5. The highest BCUT2D eigenvalue weighted by Gasteiger charge is 2.62. The van der Waals surface area contributed by atoms with E-state index in [1.54, 1.807) is 0 Å².